The van der Waals surface area contributed by atoms with Crippen molar-refractivity contribution in [1.82, 2.24) is 4.98 Å². The molecule has 0 aliphatic rings. The van der Waals surface area contributed by atoms with Crippen LogP contribution in [0.15, 0.2) is 42.5 Å². The van der Waals surface area contributed by atoms with E-state index in [1.165, 1.54) is 33.2 Å². The Labute approximate surface area is 139 Å². The summed E-state index contributed by atoms with van der Waals surface area (Å²) in [6.07, 6.45) is 0. The molecule has 0 spiro atoms. The van der Waals surface area contributed by atoms with Gasteiger partial charge in [-0.3, -0.25) is 0 Å². The summed E-state index contributed by atoms with van der Waals surface area (Å²) in [7, 11) is 0. The van der Waals surface area contributed by atoms with Gasteiger partial charge in [0, 0.05) is 10.9 Å². The van der Waals surface area contributed by atoms with Crippen LogP contribution in [-0.4, -0.2) is 4.98 Å². The molecule has 0 fully saturated rings. The number of aryl methyl sites for hydroxylation is 3. The van der Waals surface area contributed by atoms with Gasteiger partial charge in [-0.1, -0.05) is 44.0 Å². The first-order valence-corrected chi connectivity index (χ1v) is 8.24. The van der Waals surface area contributed by atoms with Gasteiger partial charge in [-0.2, -0.15) is 0 Å². The predicted octanol–water partition coefficient (Wildman–Crippen LogP) is 6.12. The first-order chi connectivity index (χ1) is 10.7. The third-order valence-electron chi connectivity index (χ3n) is 4.37. The molecule has 3 aromatic rings. The summed E-state index contributed by atoms with van der Waals surface area (Å²) in [5.74, 6) is 0. The van der Waals surface area contributed by atoms with E-state index in [-0.39, 0.29) is 5.41 Å². The minimum atomic E-state index is 0.161. The maximum atomic E-state index is 4.95. The predicted molar refractivity (Wildman–Crippen MR) is 100 cm³/mol. The minimum Gasteiger partial charge on any atom is -0.248 e. The van der Waals surface area contributed by atoms with Crippen molar-refractivity contribution in [1.29, 1.82) is 0 Å². The zero-order valence-corrected chi connectivity index (χ0v) is 15.0. The lowest BCUT2D eigenvalue weighted by Gasteiger charge is -2.19. The molecular weight excluding hydrogens is 278 g/mol. The second kappa shape index (κ2) is 5.49. The largest absolute Gasteiger partial charge is 0.248 e. The second-order valence-corrected chi connectivity index (χ2v) is 7.69. The Balaban J connectivity index is 2.19. The molecule has 0 saturated carbocycles. The van der Waals surface area contributed by atoms with Crippen molar-refractivity contribution in [3.8, 4) is 11.3 Å². The lowest BCUT2D eigenvalue weighted by molar-refractivity contribution is 0.591. The van der Waals surface area contributed by atoms with Crippen molar-refractivity contribution in [2.45, 2.75) is 47.0 Å². The Kier molecular flexibility index (Phi) is 3.75. The quantitative estimate of drug-likeness (QED) is 0.527. The summed E-state index contributed by atoms with van der Waals surface area (Å²) in [5.41, 5.74) is 8.68. The summed E-state index contributed by atoms with van der Waals surface area (Å²) < 4.78 is 0. The van der Waals surface area contributed by atoms with Crippen molar-refractivity contribution in [2.24, 2.45) is 0 Å². The Morgan fingerprint density at radius 3 is 2.04 bits per heavy atom. The van der Waals surface area contributed by atoms with Crippen LogP contribution in [0.3, 0.4) is 0 Å². The summed E-state index contributed by atoms with van der Waals surface area (Å²) in [4.78, 5) is 4.95. The molecule has 118 valence electrons. The maximum Gasteiger partial charge on any atom is 0.0739 e. The van der Waals surface area contributed by atoms with Crippen LogP contribution in [0.4, 0.5) is 0 Å². The van der Waals surface area contributed by atoms with Gasteiger partial charge in [0.15, 0.2) is 0 Å². The average Bonchev–Trinajstić information content (AvgIpc) is 2.43. The molecule has 0 radical (unpaired) electrons. The Hall–Kier alpha value is -2.15. The van der Waals surface area contributed by atoms with Gasteiger partial charge in [0.25, 0.3) is 0 Å². The molecule has 0 aliphatic carbocycles. The van der Waals surface area contributed by atoms with Gasteiger partial charge >= 0.3 is 0 Å². The Morgan fingerprint density at radius 2 is 1.43 bits per heavy atom. The smallest absolute Gasteiger partial charge is 0.0739 e. The molecule has 1 heteroatoms. The lowest BCUT2D eigenvalue weighted by atomic mass is 9.86. The molecule has 0 unspecified atom stereocenters. The first-order valence-electron chi connectivity index (χ1n) is 8.24. The SMILES string of the molecule is Cc1cc(C)cc(-c2nc3ccc(C(C)(C)C)cc3cc2C)c1. The molecular formula is C22H25N. The van der Waals surface area contributed by atoms with Crippen LogP contribution in [0.5, 0.6) is 0 Å². The summed E-state index contributed by atoms with van der Waals surface area (Å²) in [5, 5.41) is 1.23. The number of nitrogens with zero attached hydrogens (tertiary/aromatic N) is 1. The van der Waals surface area contributed by atoms with Gasteiger partial charge in [0.05, 0.1) is 11.2 Å². The number of pyridine rings is 1. The lowest BCUT2D eigenvalue weighted by Crippen LogP contribution is -2.10. The third-order valence-corrected chi connectivity index (χ3v) is 4.37. The topological polar surface area (TPSA) is 12.9 Å². The van der Waals surface area contributed by atoms with E-state index in [9.17, 15) is 0 Å². The summed E-state index contributed by atoms with van der Waals surface area (Å²) in [6, 6.07) is 15.5. The minimum absolute atomic E-state index is 0.161. The van der Waals surface area contributed by atoms with Crippen molar-refractivity contribution >= 4 is 10.9 Å². The number of fused-ring (bicyclic) bond motifs is 1. The van der Waals surface area contributed by atoms with Gasteiger partial charge in [0.1, 0.15) is 0 Å². The van der Waals surface area contributed by atoms with Crippen LogP contribution in [-0.2, 0) is 5.41 Å². The van der Waals surface area contributed by atoms with Crippen molar-refractivity contribution in [3.63, 3.8) is 0 Å². The molecule has 23 heavy (non-hydrogen) atoms. The average molecular weight is 303 g/mol. The summed E-state index contributed by atoms with van der Waals surface area (Å²) in [6.45, 7) is 13.2. The fourth-order valence-corrected chi connectivity index (χ4v) is 3.15. The molecule has 0 atom stereocenters. The molecule has 1 aromatic heterocycles. The van der Waals surface area contributed by atoms with Gasteiger partial charge < -0.3 is 0 Å². The van der Waals surface area contributed by atoms with Gasteiger partial charge in [-0.05, 0) is 67.6 Å². The molecule has 1 heterocycles. The van der Waals surface area contributed by atoms with E-state index in [1.54, 1.807) is 0 Å². The van der Waals surface area contributed by atoms with E-state index in [2.05, 4.69) is 84.0 Å². The van der Waals surface area contributed by atoms with E-state index in [0.717, 1.165) is 11.2 Å². The van der Waals surface area contributed by atoms with E-state index >= 15 is 0 Å². The van der Waals surface area contributed by atoms with Crippen molar-refractivity contribution in [3.05, 3.63) is 64.7 Å². The fourth-order valence-electron chi connectivity index (χ4n) is 3.15. The van der Waals surface area contributed by atoms with Gasteiger partial charge in [0.2, 0.25) is 0 Å². The van der Waals surface area contributed by atoms with Crippen molar-refractivity contribution in [2.75, 3.05) is 0 Å². The monoisotopic (exact) mass is 303 g/mol. The highest BCUT2D eigenvalue weighted by atomic mass is 14.7. The van der Waals surface area contributed by atoms with E-state index < -0.39 is 0 Å². The molecule has 3 rings (SSSR count). The number of rotatable bonds is 1. The van der Waals surface area contributed by atoms with Crippen LogP contribution in [0, 0.1) is 20.8 Å². The molecule has 0 amide bonds. The Bertz CT molecular complexity index is 862. The highest BCUT2D eigenvalue weighted by molar-refractivity contribution is 5.84. The molecule has 2 aromatic carbocycles. The normalized spacial score (nSPS) is 11.9. The number of aromatic nitrogens is 1. The highest BCUT2D eigenvalue weighted by Gasteiger charge is 2.15. The standard InChI is InChI=1S/C22H25N/c1-14-9-15(2)11-18(10-14)21-16(3)12-17-13-19(22(4,5)6)7-8-20(17)23-21/h7-13H,1-6H3. The van der Waals surface area contributed by atoms with Crippen molar-refractivity contribution < 1.29 is 0 Å². The summed E-state index contributed by atoms with van der Waals surface area (Å²) >= 11 is 0. The molecule has 0 N–H and O–H groups in total. The Morgan fingerprint density at radius 1 is 0.783 bits per heavy atom. The van der Waals surface area contributed by atoms with E-state index in [0.29, 0.717) is 0 Å². The van der Waals surface area contributed by atoms with Crippen LogP contribution in [0.2, 0.25) is 0 Å². The van der Waals surface area contributed by atoms with Gasteiger partial charge in [-0.15, -0.1) is 0 Å². The van der Waals surface area contributed by atoms with Crippen LogP contribution < -0.4 is 0 Å². The van der Waals surface area contributed by atoms with Crippen LogP contribution in [0.1, 0.15) is 43.0 Å². The van der Waals surface area contributed by atoms with E-state index in [4.69, 9.17) is 4.98 Å². The molecule has 0 aliphatic heterocycles. The zero-order chi connectivity index (χ0) is 16.8. The number of hydrogen-bond acceptors (Lipinski definition) is 1. The third kappa shape index (κ3) is 3.14. The maximum absolute atomic E-state index is 4.95. The second-order valence-electron chi connectivity index (χ2n) is 7.69. The van der Waals surface area contributed by atoms with Crippen LogP contribution in [0.25, 0.3) is 22.2 Å². The highest BCUT2D eigenvalue weighted by Crippen LogP contribution is 2.30. The zero-order valence-electron chi connectivity index (χ0n) is 15.0. The fraction of sp³-hybridized carbons (Fsp3) is 0.318. The van der Waals surface area contributed by atoms with E-state index in [1.807, 2.05) is 0 Å². The molecule has 1 nitrogen and oxygen atoms in total. The first kappa shape index (κ1) is 15.7. The van der Waals surface area contributed by atoms with Crippen LogP contribution >= 0.6 is 0 Å². The van der Waals surface area contributed by atoms with Gasteiger partial charge in [-0.25, -0.2) is 4.98 Å². The molecule has 0 saturated heterocycles. The number of hydrogen-bond donors (Lipinski definition) is 0. The number of benzene rings is 2. The molecule has 0 bridgehead atoms.